The Labute approximate surface area is 198 Å². The van der Waals surface area contributed by atoms with Gasteiger partial charge < -0.3 is 10.0 Å². The molecule has 0 saturated carbocycles. The van der Waals surface area contributed by atoms with Gasteiger partial charge in [0.15, 0.2) is 0 Å². The van der Waals surface area contributed by atoms with Crippen molar-refractivity contribution in [3.63, 3.8) is 0 Å². The molecule has 0 radical (unpaired) electrons. The highest BCUT2D eigenvalue weighted by Gasteiger charge is 2.24. The first-order valence-electron chi connectivity index (χ1n) is 10.9. The molecule has 0 unspecified atom stereocenters. The monoisotopic (exact) mass is 483 g/mol. The van der Waals surface area contributed by atoms with Crippen LogP contribution in [0.5, 0.6) is 0 Å². The minimum atomic E-state index is -3.86. The number of nitrogens with zero attached hydrogens (tertiary/aromatic N) is 2. The van der Waals surface area contributed by atoms with Crippen LogP contribution in [0.1, 0.15) is 21.5 Å². The molecule has 178 valence electrons. The zero-order valence-electron chi connectivity index (χ0n) is 18.7. The fourth-order valence-corrected chi connectivity index (χ4v) is 5.43. The number of piperazine rings is 1. The van der Waals surface area contributed by atoms with Gasteiger partial charge in [-0.15, -0.1) is 0 Å². The number of halogens is 1. The van der Waals surface area contributed by atoms with E-state index < -0.39 is 16.0 Å². The third-order valence-corrected chi connectivity index (χ3v) is 7.47. The summed E-state index contributed by atoms with van der Waals surface area (Å²) in [7, 11) is -3.86. The molecular formula is C25H26FN3O4S. The molecule has 3 aromatic rings. The lowest BCUT2D eigenvalue weighted by molar-refractivity contribution is 0.0697. The van der Waals surface area contributed by atoms with Crippen LogP contribution in [0.25, 0.3) is 0 Å². The Bertz CT molecular complexity index is 1310. The molecule has 0 bridgehead atoms. The molecule has 2 N–H and O–H groups in total. The summed E-state index contributed by atoms with van der Waals surface area (Å²) in [5, 5.41) is 9.80. The van der Waals surface area contributed by atoms with Crippen LogP contribution in [0.4, 0.5) is 15.8 Å². The fourth-order valence-electron chi connectivity index (χ4n) is 4.13. The molecule has 9 heteroatoms. The Balaban J connectivity index is 1.49. The zero-order chi connectivity index (χ0) is 24.3. The van der Waals surface area contributed by atoms with Crippen LogP contribution < -0.4 is 9.62 Å². The first kappa shape index (κ1) is 23.7. The van der Waals surface area contributed by atoms with E-state index in [0.717, 1.165) is 0 Å². The number of carboxylic acid groups (broad SMARTS) is 1. The summed E-state index contributed by atoms with van der Waals surface area (Å²) in [4.78, 5) is 16.2. The summed E-state index contributed by atoms with van der Waals surface area (Å²) < 4.78 is 42.0. The van der Waals surface area contributed by atoms with Crippen molar-refractivity contribution in [3.8, 4) is 0 Å². The minimum Gasteiger partial charge on any atom is -0.478 e. The first-order valence-corrected chi connectivity index (χ1v) is 12.4. The second-order valence-electron chi connectivity index (χ2n) is 8.26. The van der Waals surface area contributed by atoms with Crippen molar-refractivity contribution in [1.29, 1.82) is 0 Å². The van der Waals surface area contributed by atoms with Gasteiger partial charge in [-0.3, -0.25) is 9.62 Å². The number of hydrogen-bond acceptors (Lipinski definition) is 5. The number of aromatic carboxylic acids is 1. The molecule has 1 heterocycles. The quantitative estimate of drug-likeness (QED) is 0.529. The molecule has 0 amide bonds. The van der Waals surface area contributed by atoms with Gasteiger partial charge in [0, 0.05) is 44.0 Å². The number of rotatable bonds is 7. The molecule has 7 nitrogen and oxygen atoms in total. The van der Waals surface area contributed by atoms with E-state index in [1.165, 1.54) is 18.2 Å². The van der Waals surface area contributed by atoms with Gasteiger partial charge >= 0.3 is 5.97 Å². The van der Waals surface area contributed by atoms with E-state index in [0.29, 0.717) is 49.5 Å². The molecule has 1 fully saturated rings. The number of nitrogens with one attached hydrogen (secondary N) is 1. The molecule has 1 aliphatic rings. The van der Waals surface area contributed by atoms with Gasteiger partial charge in [0.25, 0.3) is 10.0 Å². The fraction of sp³-hybridized carbons (Fsp3) is 0.240. The zero-order valence-corrected chi connectivity index (χ0v) is 19.6. The molecule has 3 aromatic carbocycles. The predicted octanol–water partition coefficient (Wildman–Crippen LogP) is 3.96. The van der Waals surface area contributed by atoms with Crippen LogP contribution in [0.15, 0.2) is 71.6 Å². The first-order chi connectivity index (χ1) is 16.2. The highest BCUT2D eigenvalue weighted by molar-refractivity contribution is 7.92. The van der Waals surface area contributed by atoms with Crippen molar-refractivity contribution >= 4 is 27.4 Å². The summed E-state index contributed by atoms with van der Waals surface area (Å²) in [6, 6.07) is 17.8. The summed E-state index contributed by atoms with van der Waals surface area (Å²) >= 11 is 0. The van der Waals surface area contributed by atoms with E-state index in [1.54, 1.807) is 49.4 Å². The van der Waals surface area contributed by atoms with Gasteiger partial charge in [-0.2, -0.15) is 0 Å². The average Bonchev–Trinajstić information content (AvgIpc) is 2.81. The third-order valence-electron chi connectivity index (χ3n) is 5.93. The Morgan fingerprint density at radius 1 is 1.00 bits per heavy atom. The summed E-state index contributed by atoms with van der Waals surface area (Å²) in [6.07, 6.45) is 0. The SMILES string of the molecule is Cc1ccccc1S(=O)(=O)Nc1ccc(N2CCN(Cc3ccccc3F)CC2)c(C(=O)O)c1. The molecule has 4 rings (SSSR count). The number of aryl methyl sites for hydroxylation is 1. The normalized spacial score (nSPS) is 14.7. The third kappa shape index (κ3) is 5.21. The molecule has 1 saturated heterocycles. The summed E-state index contributed by atoms with van der Waals surface area (Å²) in [5.41, 5.74) is 1.96. The Hall–Kier alpha value is -3.43. The second kappa shape index (κ2) is 9.82. The van der Waals surface area contributed by atoms with E-state index in [4.69, 9.17) is 0 Å². The highest BCUT2D eigenvalue weighted by Crippen LogP contribution is 2.28. The number of anilines is 2. The summed E-state index contributed by atoms with van der Waals surface area (Å²) in [5.74, 6) is -1.37. The smallest absolute Gasteiger partial charge is 0.337 e. The van der Waals surface area contributed by atoms with E-state index in [2.05, 4.69) is 9.62 Å². The number of benzene rings is 3. The Kier molecular flexibility index (Phi) is 6.85. The maximum Gasteiger partial charge on any atom is 0.337 e. The Morgan fingerprint density at radius 3 is 2.35 bits per heavy atom. The van der Waals surface area contributed by atoms with E-state index in [-0.39, 0.29) is 22.0 Å². The molecule has 0 spiro atoms. The van der Waals surface area contributed by atoms with Crippen molar-refractivity contribution < 1.29 is 22.7 Å². The molecule has 34 heavy (non-hydrogen) atoms. The van der Waals surface area contributed by atoms with Gasteiger partial charge in [0.2, 0.25) is 0 Å². The van der Waals surface area contributed by atoms with E-state index >= 15 is 0 Å². The van der Waals surface area contributed by atoms with Crippen LogP contribution in [0.3, 0.4) is 0 Å². The molecule has 0 aromatic heterocycles. The van der Waals surface area contributed by atoms with Crippen molar-refractivity contribution in [2.75, 3.05) is 35.8 Å². The van der Waals surface area contributed by atoms with Crippen LogP contribution >= 0.6 is 0 Å². The van der Waals surface area contributed by atoms with Gasteiger partial charge in [-0.1, -0.05) is 36.4 Å². The maximum absolute atomic E-state index is 14.0. The van der Waals surface area contributed by atoms with E-state index in [9.17, 15) is 22.7 Å². The van der Waals surface area contributed by atoms with Crippen LogP contribution in [-0.4, -0.2) is 50.6 Å². The minimum absolute atomic E-state index is 0.0209. The van der Waals surface area contributed by atoms with Crippen molar-refractivity contribution in [2.24, 2.45) is 0 Å². The average molecular weight is 484 g/mol. The van der Waals surface area contributed by atoms with Crippen molar-refractivity contribution in [1.82, 2.24) is 4.90 Å². The largest absolute Gasteiger partial charge is 0.478 e. The number of hydrogen-bond donors (Lipinski definition) is 2. The predicted molar refractivity (Wildman–Crippen MR) is 129 cm³/mol. The van der Waals surface area contributed by atoms with Crippen molar-refractivity contribution in [2.45, 2.75) is 18.4 Å². The van der Waals surface area contributed by atoms with Gasteiger partial charge in [0.1, 0.15) is 5.82 Å². The Morgan fingerprint density at radius 2 is 1.68 bits per heavy atom. The van der Waals surface area contributed by atoms with Gasteiger partial charge in [-0.05, 0) is 42.8 Å². The lowest BCUT2D eigenvalue weighted by Crippen LogP contribution is -2.46. The number of sulfonamides is 1. The topological polar surface area (TPSA) is 90.0 Å². The molecule has 0 aliphatic carbocycles. The molecule has 0 atom stereocenters. The maximum atomic E-state index is 14.0. The van der Waals surface area contributed by atoms with Crippen molar-refractivity contribution in [3.05, 3.63) is 89.2 Å². The standard InChI is InChI=1S/C25H26FN3O4S/c1-18-6-2-5-9-24(18)34(32,33)27-20-10-11-23(21(16-20)25(30)31)29-14-12-28(13-15-29)17-19-7-3-4-8-22(19)26/h2-11,16,27H,12-15,17H2,1H3,(H,30,31). The van der Waals surface area contributed by atoms with E-state index in [1.807, 2.05) is 11.0 Å². The van der Waals surface area contributed by atoms with Crippen LogP contribution in [-0.2, 0) is 16.6 Å². The lowest BCUT2D eigenvalue weighted by Gasteiger charge is -2.36. The van der Waals surface area contributed by atoms with Gasteiger partial charge in [-0.25, -0.2) is 17.6 Å². The highest BCUT2D eigenvalue weighted by atomic mass is 32.2. The number of carboxylic acids is 1. The number of carbonyl (C=O) groups is 1. The molecular weight excluding hydrogens is 457 g/mol. The summed E-state index contributed by atoms with van der Waals surface area (Å²) in [6.45, 7) is 4.63. The van der Waals surface area contributed by atoms with Crippen LogP contribution in [0.2, 0.25) is 0 Å². The van der Waals surface area contributed by atoms with Gasteiger partial charge in [0.05, 0.1) is 16.1 Å². The molecule has 1 aliphatic heterocycles. The second-order valence-corrected chi connectivity index (χ2v) is 9.91. The lowest BCUT2D eigenvalue weighted by atomic mass is 10.1. The van der Waals surface area contributed by atoms with Crippen LogP contribution in [0, 0.1) is 12.7 Å².